The van der Waals surface area contributed by atoms with Crippen LogP contribution in [-0.4, -0.2) is 71.0 Å². The molecule has 2 aromatic heterocycles. The molecular weight excluding hydrogens is 549 g/mol. The molecular formula is C29H29F3N8O2. The molecule has 3 heterocycles. The van der Waals surface area contributed by atoms with E-state index >= 15 is 0 Å². The number of aromatic nitrogens is 4. The monoisotopic (exact) mass is 578 g/mol. The van der Waals surface area contributed by atoms with Crippen molar-refractivity contribution in [1.82, 2.24) is 24.8 Å². The standard InChI is InChI=1S/C29H29F3N8O2/c1-18-9-10-19(16-23(18)42-27-20(6-5-11-34-27)25-35-17-36-28(33-2)38-25)26(41)37-22-8-4-7-21(29(30,31)32)24(22)40-14-12-39(3)13-15-40/h4-11,16-17H,12-15H2,1-3H3,(H,37,41)(H,33,35,36,38). The Morgan fingerprint density at radius 2 is 1.79 bits per heavy atom. The largest absolute Gasteiger partial charge is 0.438 e. The lowest BCUT2D eigenvalue weighted by Crippen LogP contribution is -2.45. The Morgan fingerprint density at radius 1 is 1.00 bits per heavy atom. The zero-order valence-corrected chi connectivity index (χ0v) is 23.2. The Kier molecular flexibility index (Phi) is 8.20. The van der Waals surface area contributed by atoms with Gasteiger partial charge in [0.15, 0.2) is 5.82 Å². The van der Waals surface area contributed by atoms with Crippen LogP contribution in [0.3, 0.4) is 0 Å². The van der Waals surface area contributed by atoms with E-state index in [9.17, 15) is 18.0 Å². The van der Waals surface area contributed by atoms with Gasteiger partial charge in [-0.3, -0.25) is 4.79 Å². The number of para-hydroxylation sites is 1. The van der Waals surface area contributed by atoms with E-state index in [0.29, 0.717) is 54.8 Å². The lowest BCUT2D eigenvalue weighted by molar-refractivity contribution is -0.137. The summed E-state index contributed by atoms with van der Waals surface area (Å²) < 4.78 is 48.2. The maximum atomic E-state index is 14.0. The van der Waals surface area contributed by atoms with Gasteiger partial charge < -0.3 is 25.2 Å². The van der Waals surface area contributed by atoms with Gasteiger partial charge in [-0.25, -0.2) is 15.0 Å². The van der Waals surface area contributed by atoms with Gasteiger partial charge in [0.2, 0.25) is 11.8 Å². The average molecular weight is 579 g/mol. The molecule has 0 aliphatic carbocycles. The van der Waals surface area contributed by atoms with Crippen LogP contribution in [-0.2, 0) is 6.18 Å². The lowest BCUT2D eigenvalue weighted by Gasteiger charge is -2.36. The molecule has 1 saturated heterocycles. The molecule has 0 saturated carbocycles. The highest BCUT2D eigenvalue weighted by atomic mass is 19.4. The molecule has 2 N–H and O–H groups in total. The van der Waals surface area contributed by atoms with Crippen LogP contribution in [0.25, 0.3) is 11.4 Å². The molecule has 4 aromatic rings. The minimum atomic E-state index is -4.59. The number of piperazine rings is 1. The molecule has 2 aromatic carbocycles. The Bertz CT molecular complexity index is 1590. The summed E-state index contributed by atoms with van der Waals surface area (Å²) >= 11 is 0. The minimum absolute atomic E-state index is 0.0357. The lowest BCUT2D eigenvalue weighted by atomic mass is 10.1. The molecule has 10 nitrogen and oxygen atoms in total. The van der Waals surface area contributed by atoms with E-state index in [-0.39, 0.29) is 22.8 Å². The molecule has 0 bridgehead atoms. The number of likely N-dealkylation sites (N-methyl/N-ethyl adjacent to an activating group) is 1. The number of alkyl halides is 3. The molecule has 13 heteroatoms. The highest BCUT2D eigenvalue weighted by Crippen LogP contribution is 2.41. The summed E-state index contributed by atoms with van der Waals surface area (Å²) in [6.07, 6.45) is -1.67. The van der Waals surface area contributed by atoms with Crippen molar-refractivity contribution in [3.05, 3.63) is 77.7 Å². The second-order valence-corrected chi connectivity index (χ2v) is 9.77. The van der Waals surface area contributed by atoms with Crippen LogP contribution in [0.2, 0.25) is 0 Å². The van der Waals surface area contributed by atoms with Crippen molar-refractivity contribution in [3.63, 3.8) is 0 Å². The van der Waals surface area contributed by atoms with E-state index in [4.69, 9.17) is 4.74 Å². The van der Waals surface area contributed by atoms with Gasteiger partial charge in [-0.15, -0.1) is 0 Å². The summed E-state index contributed by atoms with van der Waals surface area (Å²) in [5.74, 6) is 0.683. The Labute approximate surface area is 240 Å². The number of pyridine rings is 1. The number of hydrogen-bond acceptors (Lipinski definition) is 9. The maximum Gasteiger partial charge on any atom is 0.418 e. The molecule has 0 spiro atoms. The smallest absolute Gasteiger partial charge is 0.418 e. The topological polar surface area (TPSA) is 108 Å². The number of amides is 1. The number of ether oxygens (including phenoxy) is 1. The summed E-state index contributed by atoms with van der Waals surface area (Å²) in [5, 5.41) is 5.57. The van der Waals surface area contributed by atoms with Crippen molar-refractivity contribution in [2.45, 2.75) is 13.1 Å². The Morgan fingerprint density at radius 3 is 2.52 bits per heavy atom. The number of halogens is 3. The molecule has 0 radical (unpaired) electrons. The third-order valence-corrected chi connectivity index (χ3v) is 6.87. The van der Waals surface area contributed by atoms with Crippen LogP contribution >= 0.6 is 0 Å². The number of hydrogen-bond donors (Lipinski definition) is 2. The van der Waals surface area contributed by atoms with Gasteiger partial charge in [0.25, 0.3) is 5.91 Å². The number of benzene rings is 2. The van der Waals surface area contributed by atoms with Gasteiger partial charge in [-0.05, 0) is 55.9 Å². The van der Waals surface area contributed by atoms with Crippen molar-refractivity contribution < 1.29 is 22.7 Å². The first-order chi connectivity index (χ1) is 20.1. The molecule has 0 unspecified atom stereocenters. The van der Waals surface area contributed by atoms with E-state index < -0.39 is 17.6 Å². The van der Waals surface area contributed by atoms with Crippen LogP contribution < -0.4 is 20.3 Å². The van der Waals surface area contributed by atoms with Gasteiger partial charge in [0.05, 0.1) is 22.5 Å². The average Bonchev–Trinajstić information content (AvgIpc) is 2.98. The van der Waals surface area contributed by atoms with E-state index in [0.717, 1.165) is 6.07 Å². The van der Waals surface area contributed by atoms with Crippen molar-refractivity contribution >= 4 is 23.2 Å². The van der Waals surface area contributed by atoms with Crippen LogP contribution in [0, 0.1) is 6.92 Å². The first-order valence-electron chi connectivity index (χ1n) is 13.2. The summed E-state index contributed by atoms with van der Waals surface area (Å²) in [5.41, 5.74) is 0.682. The summed E-state index contributed by atoms with van der Waals surface area (Å²) in [4.78, 5) is 34.1. The van der Waals surface area contributed by atoms with Gasteiger partial charge >= 0.3 is 6.18 Å². The number of carbonyl (C=O) groups excluding carboxylic acids is 1. The van der Waals surface area contributed by atoms with Gasteiger partial charge in [-0.2, -0.15) is 18.2 Å². The second-order valence-electron chi connectivity index (χ2n) is 9.77. The van der Waals surface area contributed by atoms with Gasteiger partial charge in [-0.1, -0.05) is 12.1 Å². The fourth-order valence-corrected chi connectivity index (χ4v) is 4.58. The van der Waals surface area contributed by atoms with Crippen LogP contribution in [0.15, 0.2) is 61.1 Å². The summed E-state index contributed by atoms with van der Waals surface area (Å²) in [7, 11) is 3.61. The molecule has 42 heavy (non-hydrogen) atoms. The Balaban J connectivity index is 1.44. The number of rotatable bonds is 7. The van der Waals surface area contributed by atoms with Gasteiger partial charge in [0.1, 0.15) is 12.1 Å². The second kappa shape index (κ2) is 12.0. The molecule has 0 atom stereocenters. The number of nitrogens with zero attached hydrogens (tertiary/aromatic N) is 6. The molecule has 218 valence electrons. The fraction of sp³-hybridized carbons (Fsp3) is 0.276. The molecule has 1 amide bonds. The SMILES string of the molecule is CNc1ncnc(-c2cccnc2Oc2cc(C(=O)Nc3cccc(C(F)(F)F)c3N3CCN(C)CC3)ccc2C)n1. The number of nitrogens with one attached hydrogen (secondary N) is 2. The van der Waals surface area contributed by atoms with Crippen LogP contribution in [0.1, 0.15) is 21.5 Å². The number of aryl methyl sites for hydroxylation is 1. The zero-order chi connectivity index (χ0) is 29.9. The van der Waals surface area contributed by atoms with Crippen LogP contribution in [0.4, 0.5) is 30.5 Å². The first kappa shape index (κ1) is 28.7. The van der Waals surface area contributed by atoms with Crippen molar-refractivity contribution in [3.8, 4) is 23.0 Å². The third-order valence-electron chi connectivity index (χ3n) is 6.87. The highest BCUT2D eigenvalue weighted by Gasteiger charge is 2.37. The van der Waals surface area contributed by atoms with E-state index in [1.54, 1.807) is 49.3 Å². The quantitative estimate of drug-likeness (QED) is 0.310. The van der Waals surface area contributed by atoms with Crippen molar-refractivity contribution in [1.29, 1.82) is 0 Å². The predicted molar refractivity (Wildman–Crippen MR) is 153 cm³/mol. The van der Waals surface area contributed by atoms with Crippen molar-refractivity contribution in [2.24, 2.45) is 0 Å². The summed E-state index contributed by atoms with van der Waals surface area (Å²) in [6, 6.07) is 12.1. The summed E-state index contributed by atoms with van der Waals surface area (Å²) in [6.45, 7) is 3.82. The van der Waals surface area contributed by atoms with Crippen molar-refractivity contribution in [2.75, 3.05) is 55.8 Å². The number of anilines is 3. The minimum Gasteiger partial charge on any atom is -0.438 e. The van der Waals surface area contributed by atoms with E-state index in [1.165, 1.54) is 24.5 Å². The van der Waals surface area contributed by atoms with Gasteiger partial charge in [0, 0.05) is 45.0 Å². The molecule has 1 aliphatic rings. The van der Waals surface area contributed by atoms with E-state index in [2.05, 4.69) is 30.6 Å². The number of carbonyl (C=O) groups is 1. The fourth-order valence-electron chi connectivity index (χ4n) is 4.58. The zero-order valence-electron chi connectivity index (χ0n) is 23.2. The van der Waals surface area contributed by atoms with Crippen LogP contribution in [0.5, 0.6) is 11.6 Å². The normalized spacial score (nSPS) is 14.0. The Hall–Kier alpha value is -4.78. The molecule has 5 rings (SSSR count). The maximum absolute atomic E-state index is 14.0. The molecule has 1 fully saturated rings. The molecule has 1 aliphatic heterocycles. The predicted octanol–water partition coefficient (Wildman–Crippen LogP) is 5.10. The highest BCUT2D eigenvalue weighted by molar-refractivity contribution is 6.06. The van der Waals surface area contributed by atoms with E-state index in [1.807, 2.05) is 11.9 Å². The first-order valence-corrected chi connectivity index (χ1v) is 13.2. The third kappa shape index (κ3) is 6.25.